The molecule has 3 nitrogen and oxygen atoms in total. The average Bonchev–Trinajstić information content (AvgIpc) is 3.25. The number of hydrogen-bond donors (Lipinski definition) is 0. The zero-order valence-corrected chi connectivity index (χ0v) is 24.6. The summed E-state index contributed by atoms with van der Waals surface area (Å²) in [4.78, 5) is 16.8. The molecule has 4 aliphatic carbocycles. The maximum atomic E-state index is 12.5. The summed E-state index contributed by atoms with van der Waals surface area (Å²) in [7, 11) is 0. The second kappa shape index (κ2) is 11.3. The highest BCUT2D eigenvalue weighted by atomic mass is 16.5. The van der Waals surface area contributed by atoms with Crippen LogP contribution in [0.5, 0.6) is 0 Å². The lowest BCUT2D eigenvalue weighted by Gasteiger charge is -2.58. The number of fused-ring (bicyclic) bond motifs is 5. The van der Waals surface area contributed by atoms with Crippen molar-refractivity contribution in [3.05, 3.63) is 47.8 Å². The van der Waals surface area contributed by atoms with Crippen molar-refractivity contribution in [2.75, 3.05) is 0 Å². The Hall–Kier alpha value is -1.90. The maximum absolute atomic E-state index is 12.5. The summed E-state index contributed by atoms with van der Waals surface area (Å²) in [6.45, 7) is 12.5. The third kappa shape index (κ3) is 5.41. The Morgan fingerprint density at radius 1 is 1.08 bits per heavy atom. The average molecular weight is 518 g/mol. The second-order valence-corrected chi connectivity index (χ2v) is 14.2. The molecule has 1 heterocycles. The van der Waals surface area contributed by atoms with Crippen LogP contribution in [0.4, 0.5) is 0 Å². The number of carbonyl (C=O) groups is 1. The van der Waals surface area contributed by atoms with Gasteiger partial charge in [0.1, 0.15) is 6.10 Å². The van der Waals surface area contributed by atoms with Gasteiger partial charge in [0.2, 0.25) is 0 Å². The lowest BCUT2D eigenvalue weighted by molar-refractivity contribution is -0.145. The Labute approximate surface area is 231 Å². The van der Waals surface area contributed by atoms with Crippen molar-refractivity contribution in [1.82, 2.24) is 4.98 Å². The molecule has 3 heteroatoms. The van der Waals surface area contributed by atoms with Gasteiger partial charge in [0.25, 0.3) is 0 Å². The number of carbonyl (C=O) groups excluding carboxylic acids is 1. The minimum absolute atomic E-state index is 0.00293. The van der Waals surface area contributed by atoms with Gasteiger partial charge in [-0.15, -0.1) is 0 Å². The number of aromatic nitrogens is 1. The monoisotopic (exact) mass is 517 g/mol. The van der Waals surface area contributed by atoms with Crippen LogP contribution in [0, 0.1) is 46.3 Å². The lowest BCUT2D eigenvalue weighted by atomic mass is 9.47. The number of rotatable bonds is 8. The minimum Gasteiger partial charge on any atom is -0.459 e. The number of ether oxygens (including phenoxy) is 1. The van der Waals surface area contributed by atoms with Crippen LogP contribution >= 0.6 is 0 Å². The van der Waals surface area contributed by atoms with Crippen LogP contribution in [-0.2, 0) is 9.53 Å². The van der Waals surface area contributed by atoms with Gasteiger partial charge in [-0.3, -0.25) is 4.98 Å². The number of allylic oxidation sites excluding steroid dienone is 1. The molecular weight excluding hydrogens is 466 g/mol. The van der Waals surface area contributed by atoms with Crippen molar-refractivity contribution in [2.45, 2.75) is 111 Å². The number of esters is 1. The summed E-state index contributed by atoms with van der Waals surface area (Å²) in [6.07, 6.45) is 21.8. The largest absolute Gasteiger partial charge is 0.459 e. The number of hydrogen-bond acceptors (Lipinski definition) is 3. The fourth-order valence-electron chi connectivity index (χ4n) is 9.58. The molecule has 0 aliphatic heterocycles. The van der Waals surface area contributed by atoms with Gasteiger partial charge in [-0.2, -0.15) is 0 Å². The van der Waals surface area contributed by atoms with Gasteiger partial charge in [-0.1, -0.05) is 71.6 Å². The zero-order chi connectivity index (χ0) is 26.9. The van der Waals surface area contributed by atoms with Crippen molar-refractivity contribution in [2.24, 2.45) is 46.3 Å². The van der Waals surface area contributed by atoms with E-state index in [-0.39, 0.29) is 17.5 Å². The summed E-state index contributed by atoms with van der Waals surface area (Å²) in [5.74, 6) is 4.89. The second-order valence-electron chi connectivity index (χ2n) is 14.2. The van der Waals surface area contributed by atoms with Gasteiger partial charge in [-0.25, -0.2) is 4.79 Å². The molecule has 38 heavy (non-hydrogen) atoms. The van der Waals surface area contributed by atoms with E-state index >= 15 is 0 Å². The first-order valence-corrected chi connectivity index (χ1v) is 15.7. The molecule has 0 N–H and O–H groups in total. The van der Waals surface area contributed by atoms with E-state index in [0.717, 1.165) is 60.5 Å². The quantitative estimate of drug-likeness (QED) is 0.196. The zero-order valence-electron chi connectivity index (χ0n) is 24.6. The van der Waals surface area contributed by atoms with Crippen molar-refractivity contribution >= 4 is 12.0 Å². The molecule has 1 aromatic heterocycles. The van der Waals surface area contributed by atoms with Gasteiger partial charge in [0, 0.05) is 18.7 Å². The summed E-state index contributed by atoms with van der Waals surface area (Å²) < 4.78 is 5.92. The van der Waals surface area contributed by atoms with E-state index in [1.165, 1.54) is 57.4 Å². The van der Waals surface area contributed by atoms with E-state index < -0.39 is 0 Å². The third-order valence-corrected chi connectivity index (χ3v) is 11.6. The molecule has 0 spiro atoms. The van der Waals surface area contributed by atoms with E-state index in [9.17, 15) is 4.79 Å². The fraction of sp³-hybridized carbons (Fsp3) is 0.714. The molecule has 5 rings (SSSR count). The molecule has 3 fully saturated rings. The first-order valence-electron chi connectivity index (χ1n) is 15.7. The van der Waals surface area contributed by atoms with E-state index in [1.807, 2.05) is 18.2 Å². The van der Waals surface area contributed by atoms with E-state index in [1.54, 1.807) is 17.8 Å². The molecule has 0 bridgehead atoms. The molecule has 4 aliphatic rings. The van der Waals surface area contributed by atoms with Crippen LogP contribution in [0.2, 0.25) is 0 Å². The maximum Gasteiger partial charge on any atom is 0.331 e. The summed E-state index contributed by atoms with van der Waals surface area (Å²) in [5, 5.41) is 0. The molecule has 0 aromatic carbocycles. The van der Waals surface area contributed by atoms with Crippen molar-refractivity contribution in [3.63, 3.8) is 0 Å². The minimum atomic E-state index is -0.244. The van der Waals surface area contributed by atoms with Gasteiger partial charge in [0.15, 0.2) is 0 Å². The molecule has 3 saturated carbocycles. The summed E-state index contributed by atoms with van der Waals surface area (Å²) in [6, 6.07) is 5.70. The third-order valence-electron chi connectivity index (χ3n) is 11.6. The van der Waals surface area contributed by atoms with Crippen LogP contribution in [0.3, 0.4) is 0 Å². The first kappa shape index (κ1) is 27.7. The molecular formula is C35H51NO2. The molecule has 8 atom stereocenters. The Kier molecular flexibility index (Phi) is 8.22. The topological polar surface area (TPSA) is 39.2 Å². The van der Waals surface area contributed by atoms with Crippen molar-refractivity contribution < 1.29 is 9.53 Å². The smallest absolute Gasteiger partial charge is 0.331 e. The predicted molar refractivity (Wildman–Crippen MR) is 156 cm³/mol. The van der Waals surface area contributed by atoms with Crippen molar-refractivity contribution in [3.8, 4) is 0 Å². The lowest BCUT2D eigenvalue weighted by Crippen LogP contribution is -2.51. The molecule has 8 unspecified atom stereocenters. The standard InChI is InChI=1S/C35H51NO2/c1-24(2)9-8-10-25(3)30-15-16-31-29-14-12-26-23-28(38-33(37)17-13-27-11-6-7-22-36-27)18-20-34(26,4)32(29)19-21-35(30,31)5/h6-7,11-13,17,22,24-25,28-32H,8-10,14-16,18-21,23H2,1-5H3. The Morgan fingerprint density at radius 3 is 2.68 bits per heavy atom. The predicted octanol–water partition coefficient (Wildman–Crippen LogP) is 9.05. The van der Waals surface area contributed by atoms with E-state index in [2.05, 4.69) is 45.7 Å². The van der Waals surface area contributed by atoms with Crippen LogP contribution in [0.25, 0.3) is 6.08 Å². The van der Waals surface area contributed by atoms with Crippen LogP contribution < -0.4 is 0 Å². The SMILES string of the molecule is CC(C)CCCC(C)C1CCC2C3CC=C4CC(OC(=O)C=Cc5ccccn5)CCC4(C)C3CCC12C. The fourth-order valence-corrected chi connectivity index (χ4v) is 9.58. The Balaban J connectivity index is 1.22. The van der Waals surface area contributed by atoms with Gasteiger partial charge < -0.3 is 4.74 Å². The summed E-state index contributed by atoms with van der Waals surface area (Å²) in [5.41, 5.74) is 3.19. The van der Waals surface area contributed by atoms with E-state index in [0.29, 0.717) is 5.41 Å². The number of pyridine rings is 1. The van der Waals surface area contributed by atoms with Gasteiger partial charge >= 0.3 is 5.97 Å². The highest BCUT2D eigenvalue weighted by molar-refractivity contribution is 5.86. The van der Waals surface area contributed by atoms with Gasteiger partial charge in [0.05, 0.1) is 5.69 Å². The molecule has 1 aromatic rings. The molecule has 0 amide bonds. The van der Waals surface area contributed by atoms with Crippen LogP contribution in [-0.4, -0.2) is 17.1 Å². The van der Waals surface area contributed by atoms with Crippen LogP contribution in [0.1, 0.15) is 111 Å². The number of nitrogens with zero attached hydrogens (tertiary/aromatic N) is 1. The Morgan fingerprint density at radius 2 is 1.92 bits per heavy atom. The first-order chi connectivity index (χ1) is 18.2. The highest BCUT2D eigenvalue weighted by Crippen LogP contribution is 2.67. The highest BCUT2D eigenvalue weighted by Gasteiger charge is 2.59. The van der Waals surface area contributed by atoms with Crippen molar-refractivity contribution in [1.29, 1.82) is 0 Å². The summed E-state index contributed by atoms with van der Waals surface area (Å²) >= 11 is 0. The van der Waals surface area contributed by atoms with Crippen LogP contribution in [0.15, 0.2) is 42.1 Å². The molecule has 0 saturated heterocycles. The normalized spacial score (nSPS) is 37.3. The Bertz CT molecular complexity index is 1030. The molecule has 0 radical (unpaired) electrons. The molecule has 208 valence electrons. The van der Waals surface area contributed by atoms with Gasteiger partial charge in [-0.05, 0) is 109 Å². The van der Waals surface area contributed by atoms with E-state index in [4.69, 9.17) is 4.74 Å².